The molecule has 4 heteroatoms. The van der Waals surface area contributed by atoms with E-state index in [4.69, 9.17) is 11.5 Å². The highest BCUT2D eigenvalue weighted by atomic mass is 14.9. The standard InChI is InChI=1S/C12H16N4/c1-12(2,3)7-4-9-11(15-6-7)8(13)5-10(14)16-9/h4-6H,1-3H3,(H4,13,14,16). The molecular weight excluding hydrogens is 200 g/mol. The molecule has 0 aliphatic carbocycles. The zero-order valence-electron chi connectivity index (χ0n) is 9.78. The van der Waals surface area contributed by atoms with Crippen molar-refractivity contribution in [1.29, 1.82) is 0 Å². The van der Waals surface area contributed by atoms with E-state index in [1.807, 2.05) is 12.3 Å². The van der Waals surface area contributed by atoms with E-state index in [1.165, 1.54) is 0 Å². The van der Waals surface area contributed by atoms with Gasteiger partial charge in [-0.3, -0.25) is 4.98 Å². The molecule has 0 aliphatic rings. The van der Waals surface area contributed by atoms with Gasteiger partial charge in [0.05, 0.1) is 11.2 Å². The fraction of sp³-hybridized carbons (Fsp3) is 0.333. The Bertz CT molecular complexity index is 540. The number of hydrogen-bond acceptors (Lipinski definition) is 4. The van der Waals surface area contributed by atoms with Crippen LogP contribution in [0, 0.1) is 0 Å². The quantitative estimate of drug-likeness (QED) is 0.706. The molecule has 84 valence electrons. The lowest BCUT2D eigenvalue weighted by Crippen LogP contribution is -2.11. The summed E-state index contributed by atoms with van der Waals surface area (Å²) in [4.78, 5) is 8.59. The minimum atomic E-state index is 0.0439. The van der Waals surface area contributed by atoms with Crippen molar-refractivity contribution in [2.75, 3.05) is 11.5 Å². The van der Waals surface area contributed by atoms with Crippen molar-refractivity contribution in [1.82, 2.24) is 9.97 Å². The number of pyridine rings is 2. The fourth-order valence-electron chi connectivity index (χ4n) is 1.57. The summed E-state index contributed by atoms with van der Waals surface area (Å²) in [5.74, 6) is 0.429. The molecule has 0 saturated heterocycles. The topological polar surface area (TPSA) is 77.8 Å². The molecule has 0 unspecified atom stereocenters. The summed E-state index contributed by atoms with van der Waals surface area (Å²) >= 11 is 0. The molecule has 2 heterocycles. The van der Waals surface area contributed by atoms with Crippen LogP contribution in [0.3, 0.4) is 0 Å². The van der Waals surface area contributed by atoms with Gasteiger partial charge in [0.15, 0.2) is 0 Å². The SMILES string of the molecule is CC(C)(C)c1cnc2c(N)cc(N)nc2c1. The number of aromatic nitrogens is 2. The van der Waals surface area contributed by atoms with Gasteiger partial charge in [-0.15, -0.1) is 0 Å². The average molecular weight is 216 g/mol. The van der Waals surface area contributed by atoms with Crippen LogP contribution in [0.2, 0.25) is 0 Å². The van der Waals surface area contributed by atoms with Crippen molar-refractivity contribution in [3.8, 4) is 0 Å². The Kier molecular flexibility index (Phi) is 2.22. The largest absolute Gasteiger partial charge is 0.397 e. The lowest BCUT2D eigenvalue weighted by Gasteiger charge is -2.18. The van der Waals surface area contributed by atoms with E-state index in [-0.39, 0.29) is 5.41 Å². The van der Waals surface area contributed by atoms with Crippen molar-refractivity contribution >= 4 is 22.5 Å². The van der Waals surface area contributed by atoms with Gasteiger partial charge >= 0.3 is 0 Å². The van der Waals surface area contributed by atoms with Crippen molar-refractivity contribution in [3.05, 3.63) is 23.9 Å². The summed E-state index contributed by atoms with van der Waals surface area (Å²) in [6.07, 6.45) is 1.84. The highest BCUT2D eigenvalue weighted by molar-refractivity contribution is 5.88. The first kappa shape index (κ1) is 10.7. The summed E-state index contributed by atoms with van der Waals surface area (Å²) in [6, 6.07) is 3.63. The molecule has 0 spiro atoms. The molecule has 0 atom stereocenters. The molecule has 4 nitrogen and oxygen atoms in total. The van der Waals surface area contributed by atoms with Crippen LogP contribution in [0.5, 0.6) is 0 Å². The zero-order chi connectivity index (χ0) is 11.9. The minimum Gasteiger partial charge on any atom is -0.397 e. The van der Waals surface area contributed by atoms with Crippen LogP contribution in [0.4, 0.5) is 11.5 Å². The maximum absolute atomic E-state index is 5.83. The van der Waals surface area contributed by atoms with Crippen LogP contribution < -0.4 is 11.5 Å². The minimum absolute atomic E-state index is 0.0439. The van der Waals surface area contributed by atoms with E-state index < -0.39 is 0 Å². The van der Waals surface area contributed by atoms with Gasteiger partial charge in [-0.05, 0) is 17.0 Å². The second-order valence-corrected chi connectivity index (χ2v) is 4.98. The van der Waals surface area contributed by atoms with Gasteiger partial charge in [0.1, 0.15) is 11.3 Å². The van der Waals surface area contributed by atoms with Crippen molar-refractivity contribution in [2.45, 2.75) is 26.2 Å². The number of anilines is 2. The predicted octanol–water partition coefficient (Wildman–Crippen LogP) is 2.09. The molecule has 0 aliphatic heterocycles. The van der Waals surface area contributed by atoms with E-state index >= 15 is 0 Å². The van der Waals surface area contributed by atoms with Gasteiger partial charge in [0, 0.05) is 12.3 Å². The predicted molar refractivity (Wildman–Crippen MR) is 67.1 cm³/mol. The number of nitrogens with zero attached hydrogens (tertiary/aromatic N) is 2. The Hall–Kier alpha value is -1.84. The first-order valence-electron chi connectivity index (χ1n) is 5.20. The second kappa shape index (κ2) is 3.33. The third-order valence-electron chi connectivity index (χ3n) is 2.56. The van der Waals surface area contributed by atoms with Crippen molar-refractivity contribution in [2.24, 2.45) is 0 Å². The van der Waals surface area contributed by atoms with Gasteiger partial charge in [-0.25, -0.2) is 4.98 Å². The Morgan fingerprint density at radius 1 is 1.12 bits per heavy atom. The first-order chi connectivity index (χ1) is 7.38. The Morgan fingerprint density at radius 2 is 1.81 bits per heavy atom. The first-order valence-corrected chi connectivity index (χ1v) is 5.20. The highest BCUT2D eigenvalue weighted by Gasteiger charge is 2.15. The van der Waals surface area contributed by atoms with Crippen LogP contribution in [-0.4, -0.2) is 9.97 Å². The summed E-state index contributed by atoms with van der Waals surface area (Å²) in [5.41, 5.74) is 14.7. The normalized spacial score (nSPS) is 11.9. The third kappa shape index (κ3) is 1.78. The molecule has 0 radical (unpaired) electrons. The van der Waals surface area contributed by atoms with Crippen LogP contribution in [0.25, 0.3) is 11.0 Å². The number of nitrogens with two attached hydrogens (primary N) is 2. The molecule has 0 fully saturated rings. The summed E-state index contributed by atoms with van der Waals surface area (Å²) in [6.45, 7) is 6.39. The maximum atomic E-state index is 5.83. The lowest BCUT2D eigenvalue weighted by atomic mass is 9.88. The maximum Gasteiger partial charge on any atom is 0.126 e. The Balaban J connectivity index is 2.71. The van der Waals surface area contributed by atoms with E-state index in [0.717, 1.165) is 11.1 Å². The Morgan fingerprint density at radius 3 is 2.44 bits per heavy atom. The molecule has 4 N–H and O–H groups in total. The van der Waals surface area contributed by atoms with Crippen molar-refractivity contribution < 1.29 is 0 Å². The molecular formula is C12H16N4. The van der Waals surface area contributed by atoms with Gasteiger partial charge in [0.25, 0.3) is 0 Å². The monoisotopic (exact) mass is 216 g/mol. The van der Waals surface area contributed by atoms with E-state index in [9.17, 15) is 0 Å². The van der Waals surface area contributed by atoms with Gasteiger partial charge < -0.3 is 11.5 Å². The zero-order valence-corrected chi connectivity index (χ0v) is 9.78. The van der Waals surface area contributed by atoms with Gasteiger partial charge in [-0.1, -0.05) is 20.8 Å². The van der Waals surface area contributed by atoms with Gasteiger partial charge in [0.2, 0.25) is 0 Å². The molecule has 2 aromatic heterocycles. The number of rotatable bonds is 0. The lowest BCUT2D eigenvalue weighted by molar-refractivity contribution is 0.588. The van der Waals surface area contributed by atoms with E-state index in [0.29, 0.717) is 17.0 Å². The molecule has 2 rings (SSSR count). The van der Waals surface area contributed by atoms with Crippen LogP contribution in [-0.2, 0) is 5.41 Å². The molecule has 0 saturated carbocycles. The van der Waals surface area contributed by atoms with Crippen LogP contribution in [0.1, 0.15) is 26.3 Å². The smallest absolute Gasteiger partial charge is 0.126 e. The summed E-state index contributed by atoms with van der Waals surface area (Å²) < 4.78 is 0. The number of nitrogen functional groups attached to an aromatic ring is 2. The van der Waals surface area contributed by atoms with E-state index in [2.05, 4.69) is 30.7 Å². The number of fused-ring (bicyclic) bond motifs is 1. The highest BCUT2D eigenvalue weighted by Crippen LogP contribution is 2.26. The van der Waals surface area contributed by atoms with Gasteiger partial charge in [-0.2, -0.15) is 0 Å². The molecule has 0 aromatic carbocycles. The van der Waals surface area contributed by atoms with Crippen LogP contribution >= 0.6 is 0 Å². The summed E-state index contributed by atoms with van der Waals surface area (Å²) in [7, 11) is 0. The second-order valence-electron chi connectivity index (χ2n) is 4.98. The van der Waals surface area contributed by atoms with Crippen LogP contribution in [0.15, 0.2) is 18.3 Å². The molecule has 16 heavy (non-hydrogen) atoms. The van der Waals surface area contributed by atoms with E-state index in [1.54, 1.807) is 6.07 Å². The summed E-state index contributed by atoms with van der Waals surface area (Å²) in [5, 5.41) is 0. The molecule has 0 bridgehead atoms. The van der Waals surface area contributed by atoms with Crippen molar-refractivity contribution in [3.63, 3.8) is 0 Å². The number of hydrogen-bond donors (Lipinski definition) is 2. The molecule has 0 amide bonds. The fourth-order valence-corrected chi connectivity index (χ4v) is 1.57. The Labute approximate surface area is 94.7 Å². The average Bonchev–Trinajstić information content (AvgIpc) is 2.15. The third-order valence-corrected chi connectivity index (χ3v) is 2.56. The molecule has 2 aromatic rings.